The molecule has 0 saturated heterocycles. The number of rotatable bonds is 3. The maximum Gasteiger partial charge on any atom is 0.176 e. The van der Waals surface area contributed by atoms with Crippen LogP contribution < -0.4 is 5.32 Å². The molecular weight excluding hydrogens is 320 g/mol. The Morgan fingerprint density at radius 2 is 1.79 bits per heavy atom. The third kappa shape index (κ3) is 2.49. The van der Waals surface area contributed by atoms with Crippen LogP contribution in [0.25, 0.3) is 16.6 Å². The number of benzene rings is 2. The fourth-order valence-corrected chi connectivity index (χ4v) is 2.97. The monoisotopic (exact) mass is 336 g/mol. The summed E-state index contributed by atoms with van der Waals surface area (Å²) in [5.41, 5.74) is 4.92. The van der Waals surface area contributed by atoms with Crippen molar-refractivity contribution in [1.82, 2.24) is 14.6 Å². The molecule has 0 spiro atoms. The molecule has 0 bridgehead atoms. The van der Waals surface area contributed by atoms with Gasteiger partial charge in [-0.25, -0.2) is 9.50 Å². The average molecular weight is 337 g/mol. The van der Waals surface area contributed by atoms with Crippen molar-refractivity contribution in [2.24, 2.45) is 0 Å². The number of hydrogen-bond donors (Lipinski definition) is 1. The molecule has 2 aromatic heterocycles. The van der Waals surface area contributed by atoms with Crippen molar-refractivity contribution in [2.45, 2.75) is 20.4 Å². The molecule has 4 nitrogen and oxygen atoms in total. The van der Waals surface area contributed by atoms with Gasteiger partial charge >= 0.3 is 0 Å². The number of nitrogens with one attached hydrogen (secondary N) is 1. The van der Waals surface area contributed by atoms with Crippen LogP contribution in [-0.4, -0.2) is 14.6 Å². The van der Waals surface area contributed by atoms with Crippen molar-refractivity contribution in [3.63, 3.8) is 0 Å². The lowest BCUT2D eigenvalue weighted by molar-refractivity contribution is 0.954. The molecule has 0 atom stereocenters. The van der Waals surface area contributed by atoms with Gasteiger partial charge in [-0.1, -0.05) is 53.6 Å². The molecular formula is C19H17ClN4. The van der Waals surface area contributed by atoms with Gasteiger partial charge in [0.05, 0.1) is 11.2 Å². The van der Waals surface area contributed by atoms with Crippen LogP contribution >= 0.6 is 11.6 Å². The molecule has 120 valence electrons. The zero-order chi connectivity index (χ0) is 16.7. The fourth-order valence-electron chi connectivity index (χ4n) is 2.81. The van der Waals surface area contributed by atoms with E-state index in [2.05, 4.69) is 41.6 Å². The molecule has 4 rings (SSSR count). The first-order chi connectivity index (χ1) is 11.6. The van der Waals surface area contributed by atoms with Crippen molar-refractivity contribution in [1.29, 1.82) is 0 Å². The first-order valence-electron chi connectivity index (χ1n) is 7.86. The summed E-state index contributed by atoms with van der Waals surface area (Å²) in [4.78, 5) is 4.71. The molecule has 0 saturated carbocycles. The second-order valence-corrected chi connectivity index (χ2v) is 6.33. The zero-order valence-electron chi connectivity index (χ0n) is 13.5. The number of hydrogen-bond acceptors (Lipinski definition) is 3. The highest BCUT2D eigenvalue weighted by Crippen LogP contribution is 2.28. The maximum absolute atomic E-state index is 6.37. The van der Waals surface area contributed by atoms with E-state index in [1.54, 1.807) is 0 Å². The topological polar surface area (TPSA) is 42.2 Å². The Labute approximate surface area is 145 Å². The Balaban J connectivity index is 1.80. The lowest BCUT2D eigenvalue weighted by Gasteiger charge is -2.10. The molecule has 5 heteroatoms. The minimum atomic E-state index is 0.596. The summed E-state index contributed by atoms with van der Waals surface area (Å²) in [6.45, 7) is 4.69. The lowest BCUT2D eigenvalue weighted by atomic mass is 10.1. The smallest absolute Gasteiger partial charge is 0.176 e. The highest BCUT2D eigenvalue weighted by molar-refractivity contribution is 6.34. The van der Waals surface area contributed by atoms with Gasteiger partial charge in [-0.05, 0) is 31.5 Å². The lowest BCUT2D eigenvalue weighted by Crippen LogP contribution is -2.04. The minimum absolute atomic E-state index is 0.596. The molecule has 4 aromatic rings. The number of aryl methyl sites for hydroxylation is 2. The minimum Gasteiger partial charge on any atom is -0.365 e. The van der Waals surface area contributed by atoms with E-state index in [9.17, 15) is 0 Å². The van der Waals surface area contributed by atoms with Gasteiger partial charge in [0, 0.05) is 11.9 Å². The van der Waals surface area contributed by atoms with Crippen molar-refractivity contribution < 1.29 is 0 Å². The van der Waals surface area contributed by atoms with Crippen LogP contribution in [0.15, 0.2) is 48.5 Å². The van der Waals surface area contributed by atoms with Gasteiger partial charge in [0.1, 0.15) is 10.8 Å². The van der Waals surface area contributed by atoms with Crippen molar-refractivity contribution >= 4 is 34.0 Å². The van der Waals surface area contributed by atoms with E-state index < -0.39 is 0 Å². The molecule has 1 N–H and O–H groups in total. The molecule has 0 radical (unpaired) electrons. The molecule has 24 heavy (non-hydrogen) atoms. The summed E-state index contributed by atoms with van der Waals surface area (Å²) in [5, 5.41) is 9.57. The molecule has 0 unspecified atom stereocenters. The van der Waals surface area contributed by atoms with Gasteiger partial charge in [-0.15, -0.1) is 0 Å². The highest BCUT2D eigenvalue weighted by Gasteiger charge is 2.14. The molecule has 0 aliphatic rings. The van der Waals surface area contributed by atoms with E-state index >= 15 is 0 Å². The van der Waals surface area contributed by atoms with Crippen LogP contribution in [0.4, 0.5) is 5.82 Å². The number of nitrogens with zero attached hydrogens (tertiary/aromatic N) is 3. The van der Waals surface area contributed by atoms with Crippen LogP contribution in [0.3, 0.4) is 0 Å². The fraction of sp³-hybridized carbons (Fsp3) is 0.158. The van der Waals surface area contributed by atoms with Crippen LogP contribution in [0.2, 0.25) is 5.02 Å². The summed E-state index contributed by atoms with van der Waals surface area (Å²) in [6, 6.07) is 16.6. The Kier molecular flexibility index (Phi) is 3.62. The Bertz CT molecular complexity index is 1030. The predicted octanol–water partition coefficient (Wildman–Crippen LogP) is 4.76. The maximum atomic E-state index is 6.37. The van der Waals surface area contributed by atoms with E-state index in [1.807, 2.05) is 35.7 Å². The third-order valence-electron chi connectivity index (χ3n) is 4.15. The van der Waals surface area contributed by atoms with Crippen LogP contribution in [-0.2, 0) is 6.54 Å². The standard InChI is InChI=1S/C19H17ClN4/c1-12-7-9-14(10-8-12)11-21-18-15-5-3-4-6-16(15)24-19(22-18)17(20)13(2)23-24/h3-10H,11H2,1-2H3,(H,21,22). The summed E-state index contributed by atoms with van der Waals surface area (Å²) in [6.07, 6.45) is 0. The first kappa shape index (κ1) is 15.0. The summed E-state index contributed by atoms with van der Waals surface area (Å²) >= 11 is 6.37. The van der Waals surface area contributed by atoms with E-state index in [-0.39, 0.29) is 0 Å². The molecule has 2 heterocycles. The van der Waals surface area contributed by atoms with Gasteiger partial charge in [0.15, 0.2) is 5.65 Å². The Morgan fingerprint density at radius 1 is 1.04 bits per heavy atom. The molecule has 0 amide bonds. The number of aromatic nitrogens is 3. The summed E-state index contributed by atoms with van der Waals surface area (Å²) < 4.78 is 1.81. The Hall–Kier alpha value is -2.59. The van der Waals surface area contributed by atoms with E-state index in [0.717, 1.165) is 22.4 Å². The van der Waals surface area contributed by atoms with E-state index in [0.29, 0.717) is 17.2 Å². The molecule has 0 aliphatic carbocycles. The van der Waals surface area contributed by atoms with Gasteiger partial charge < -0.3 is 5.32 Å². The second kappa shape index (κ2) is 5.80. The van der Waals surface area contributed by atoms with Gasteiger partial charge in [0.2, 0.25) is 0 Å². The van der Waals surface area contributed by atoms with Crippen molar-refractivity contribution in [3.8, 4) is 0 Å². The van der Waals surface area contributed by atoms with Crippen LogP contribution in [0, 0.1) is 13.8 Å². The predicted molar refractivity (Wildman–Crippen MR) is 98.7 cm³/mol. The quantitative estimate of drug-likeness (QED) is 0.586. The number of halogens is 1. The van der Waals surface area contributed by atoms with Gasteiger partial charge in [-0.2, -0.15) is 5.10 Å². The summed E-state index contributed by atoms with van der Waals surface area (Å²) in [7, 11) is 0. The largest absolute Gasteiger partial charge is 0.365 e. The molecule has 0 aliphatic heterocycles. The van der Waals surface area contributed by atoms with Crippen LogP contribution in [0.1, 0.15) is 16.8 Å². The SMILES string of the molecule is Cc1ccc(CNc2nc3c(Cl)c(C)nn3c3ccccc23)cc1. The normalized spacial score (nSPS) is 11.3. The highest BCUT2D eigenvalue weighted by atomic mass is 35.5. The number of anilines is 1. The second-order valence-electron chi connectivity index (χ2n) is 5.95. The summed E-state index contributed by atoms with van der Waals surface area (Å²) in [5.74, 6) is 0.820. The zero-order valence-corrected chi connectivity index (χ0v) is 14.3. The molecule has 0 fully saturated rings. The third-order valence-corrected chi connectivity index (χ3v) is 4.59. The Morgan fingerprint density at radius 3 is 2.58 bits per heavy atom. The van der Waals surface area contributed by atoms with Crippen molar-refractivity contribution in [3.05, 3.63) is 70.4 Å². The van der Waals surface area contributed by atoms with Gasteiger partial charge in [0.25, 0.3) is 0 Å². The molecule has 2 aromatic carbocycles. The van der Waals surface area contributed by atoms with Crippen molar-refractivity contribution in [2.75, 3.05) is 5.32 Å². The van der Waals surface area contributed by atoms with E-state index in [1.165, 1.54) is 11.1 Å². The van der Waals surface area contributed by atoms with E-state index in [4.69, 9.17) is 16.6 Å². The number of para-hydroxylation sites is 1. The first-order valence-corrected chi connectivity index (χ1v) is 8.24. The average Bonchev–Trinajstić information content (AvgIpc) is 2.89. The van der Waals surface area contributed by atoms with Gasteiger partial charge in [-0.3, -0.25) is 0 Å². The van der Waals surface area contributed by atoms with Crippen LogP contribution in [0.5, 0.6) is 0 Å². The number of fused-ring (bicyclic) bond motifs is 3.